The molecule has 6 nitrogen and oxygen atoms in total. The second-order valence-corrected chi connectivity index (χ2v) is 7.23. The van der Waals surface area contributed by atoms with E-state index in [0.29, 0.717) is 37.3 Å². The van der Waals surface area contributed by atoms with E-state index in [-0.39, 0.29) is 5.91 Å². The molecule has 0 unspecified atom stereocenters. The topological polar surface area (TPSA) is 87.7 Å². The minimum absolute atomic E-state index is 0.0876. The molecule has 0 bridgehead atoms. The number of hydrogen-bond acceptors (Lipinski definition) is 4. The van der Waals surface area contributed by atoms with Crippen molar-refractivity contribution in [1.29, 1.82) is 0 Å². The molecule has 0 aliphatic carbocycles. The van der Waals surface area contributed by atoms with Crippen LogP contribution in [-0.4, -0.2) is 30.2 Å². The van der Waals surface area contributed by atoms with Crippen molar-refractivity contribution in [3.05, 3.63) is 77.9 Å². The molecule has 1 heterocycles. The third-order valence-electron chi connectivity index (χ3n) is 5.59. The normalized spacial score (nSPS) is 15.6. The van der Waals surface area contributed by atoms with Crippen LogP contribution in [0.2, 0.25) is 0 Å². The summed E-state index contributed by atoms with van der Waals surface area (Å²) in [4.78, 5) is 24.9. The van der Waals surface area contributed by atoms with Gasteiger partial charge in [0.1, 0.15) is 0 Å². The molecular weight excluding hydrogens is 368 g/mol. The number of nitrogens with one attached hydrogen (secondary N) is 2. The van der Waals surface area contributed by atoms with E-state index in [1.165, 1.54) is 0 Å². The zero-order valence-corrected chi connectivity index (χ0v) is 15.9. The molecule has 29 heavy (non-hydrogen) atoms. The number of fused-ring (bicyclic) bond motifs is 1. The number of hydroxylamine groups is 1. The fourth-order valence-electron chi connectivity index (χ4n) is 3.87. The first-order valence-corrected chi connectivity index (χ1v) is 9.55. The van der Waals surface area contributed by atoms with Crippen LogP contribution in [0.4, 0.5) is 5.69 Å². The van der Waals surface area contributed by atoms with E-state index in [9.17, 15) is 9.59 Å². The van der Waals surface area contributed by atoms with Gasteiger partial charge in [-0.3, -0.25) is 14.8 Å². The number of anilines is 1. The summed E-state index contributed by atoms with van der Waals surface area (Å²) in [5.41, 5.74) is 2.80. The lowest BCUT2D eigenvalue weighted by atomic mass is 9.73. The molecule has 4 rings (SSSR count). The van der Waals surface area contributed by atoms with Gasteiger partial charge >= 0.3 is 0 Å². The van der Waals surface area contributed by atoms with Gasteiger partial charge < -0.3 is 10.1 Å². The molecule has 1 fully saturated rings. The van der Waals surface area contributed by atoms with Gasteiger partial charge in [-0.2, -0.15) is 0 Å². The Balaban J connectivity index is 1.65. The molecule has 1 aliphatic heterocycles. The second-order valence-electron chi connectivity index (χ2n) is 7.23. The maximum Gasteiger partial charge on any atom is 0.274 e. The van der Waals surface area contributed by atoms with Crippen molar-refractivity contribution in [3.8, 4) is 0 Å². The van der Waals surface area contributed by atoms with Gasteiger partial charge in [0.15, 0.2) is 0 Å². The number of carbonyl (C=O) groups excluding carboxylic acids is 2. The fraction of sp³-hybridized carbons (Fsp3) is 0.217. The average Bonchev–Trinajstić information content (AvgIpc) is 2.79. The fourth-order valence-corrected chi connectivity index (χ4v) is 3.87. The van der Waals surface area contributed by atoms with Gasteiger partial charge in [0, 0.05) is 24.5 Å². The third kappa shape index (κ3) is 3.72. The molecule has 3 N–H and O–H groups in total. The second kappa shape index (κ2) is 8.03. The lowest BCUT2D eigenvalue weighted by Crippen LogP contribution is -2.44. The van der Waals surface area contributed by atoms with Gasteiger partial charge in [0.25, 0.3) is 5.91 Å². The monoisotopic (exact) mass is 390 g/mol. The molecule has 0 atom stereocenters. The number of carbonyl (C=O) groups is 2. The summed E-state index contributed by atoms with van der Waals surface area (Å²) in [5, 5.41) is 14.0. The Kier molecular flexibility index (Phi) is 5.29. The molecule has 6 heteroatoms. The molecule has 3 aromatic rings. The Hall–Kier alpha value is -3.22. The maximum absolute atomic E-state index is 13.4. The number of benzene rings is 3. The van der Waals surface area contributed by atoms with Crippen LogP contribution < -0.4 is 10.8 Å². The molecule has 0 spiro atoms. The summed E-state index contributed by atoms with van der Waals surface area (Å²) >= 11 is 0. The number of ether oxygens (including phenoxy) is 1. The van der Waals surface area contributed by atoms with E-state index in [0.717, 1.165) is 16.3 Å². The Morgan fingerprint density at radius 2 is 1.59 bits per heavy atom. The molecule has 0 radical (unpaired) electrons. The maximum atomic E-state index is 13.4. The predicted molar refractivity (Wildman–Crippen MR) is 110 cm³/mol. The van der Waals surface area contributed by atoms with E-state index < -0.39 is 11.3 Å². The van der Waals surface area contributed by atoms with Crippen molar-refractivity contribution >= 4 is 28.3 Å². The van der Waals surface area contributed by atoms with E-state index in [1.54, 1.807) is 29.7 Å². The first-order valence-electron chi connectivity index (χ1n) is 9.55. The Morgan fingerprint density at radius 3 is 2.28 bits per heavy atom. The van der Waals surface area contributed by atoms with Crippen molar-refractivity contribution in [2.45, 2.75) is 18.3 Å². The summed E-state index contributed by atoms with van der Waals surface area (Å²) in [6.07, 6.45) is 1.20. The minimum Gasteiger partial charge on any atom is -0.381 e. The molecular formula is C23H22N2O4. The minimum atomic E-state index is -0.677. The van der Waals surface area contributed by atoms with Crippen LogP contribution in [0, 0.1) is 0 Å². The number of hydrogen-bond donors (Lipinski definition) is 3. The van der Waals surface area contributed by atoms with Crippen molar-refractivity contribution in [2.24, 2.45) is 0 Å². The van der Waals surface area contributed by atoms with Crippen LogP contribution in [0.1, 0.15) is 28.8 Å². The van der Waals surface area contributed by atoms with Crippen LogP contribution in [0.3, 0.4) is 0 Å². The van der Waals surface area contributed by atoms with Crippen molar-refractivity contribution in [3.63, 3.8) is 0 Å². The molecule has 3 aromatic carbocycles. The highest BCUT2D eigenvalue weighted by Crippen LogP contribution is 2.37. The quantitative estimate of drug-likeness (QED) is 0.469. The van der Waals surface area contributed by atoms with Crippen molar-refractivity contribution < 1.29 is 19.5 Å². The lowest BCUT2D eigenvalue weighted by molar-refractivity contribution is -0.125. The van der Waals surface area contributed by atoms with Gasteiger partial charge in [-0.25, -0.2) is 5.48 Å². The molecule has 1 aliphatic rings. The smallest absolute Gasteiger partial charge is 0.274 e. The van der Waals surface area contributed by atoms with Crippen LogP contribution in [-0.2, 0) is 14.9 Å². The lowest BCUT2D eigenvalue weighted by Gasteiger charge is -2.36. The molecule has 0 aromatic heterocycles. The summed E-state index contributed by atoms with van der Waals surface area (Å²) in [6, 6.07) is 20.7. The van der Waals surface area contributed by atoms with E-state index in [2.05, 4.69) is 29.6 Å². The van der Waals surface area contributed by atoms with E-state index in [1.807, 2.05) is 18.2 Å². The summed E-state index contributed by atoms with van der Waals surface area (Å²) in [7, 11) is 0. The van der Waals surface area contributed by atoms with Gasteiger partial charge in [0.2, 0.25) is 5.91 Å². The molecule has 2 amide bonds. The zero-order valence-electron chi connectivity index (χ0n) is 15.9. The SMILES string of the molecule is O=C(NO)c1ccc(NC(=O)C2(c3ccc4ccccc4c3)CCOCC2)cc1. The zero-order chi connectivity index (χ0) is 20.3. The van der Waals surface area contributed by atoms with Crippen LogP contribution in [0.25, 0.3) is 10.8 Å². The van der Waals surface area contributed by atoms with E-state index in [4.69, 9.17) is 9.94 Å². The van der Waals surface area contributed by atoms with Crippen LogP contribution in [0.15, 0.2) is 66.7 Å². The highest BCUT2D eigenvalue weighted by atomic mass is 16.5. The molecule has 1 saturated heterocycles. The summed E-state index contributed by atoms with van der Waals surface area (Å²) in [5.74, 6) is -0.685. The van der Waals surface area contributed by atoms with Crippen molar-refractivity contribution in [1.82, 2.24) is 5.48 Å². The standard InChI is InChI=1S/C23H22N2O4/c26-21(25-28)17-6-9-20(10-7-17)24-22(27)23(11-13-29-14-12-23)19-8-5-16-3-1-2-4-18(16)15-19/h1-10,15,28H,11-14H2,(H,24,27)(H,25,26). The Bertz CT molecular complexity index is 1040. The summed E-state index contributed by atoms with van der Waals surface area (Å²) < 4.78 is 5.54. The largest absolute Gasteiger partial charge is 0.381 e. The average molecular weight is 390 g/mol. The van der Waals surface area contributed by atoms with Crippen LogP contribution in [0.5, 0.6) is 0 Å². The molecule has 148 valence electrons. The molecule has 0 saturated carbocycles. The van der Waals surface area contributed by atoms with Gasteiger partial charge in [-0.1, -0.05) is 42.5 Å². The predicted octanol–water partition coefficient (Wildman–Crippen LogP) is 3.65. The number of amides is 2. The Morgan fingerprint density at radius 1 is 0.897 bits per heavy atom. The highest BCUT2D eigenvalue weighted by molar-refractivity contribution is 6.01. The first-order chi connectivity index (χ1) is 14.1. The summed E-state index contributed by atoms with van der Waals surface area (Å²) in [6.45, 7) is 1.05. The van der Waals surface area contributed by atoms with E-state index >= 15 is 0 Å². The van der Waals surface area contributed by atoms with Gasteiger partial charge in [-0.15, -0.1) is 0 Å². The third-order valence-corrected chi connectivity index (χ3v) is 5.59. The van der Waals surface area contributed by atoms with Crippen LogP contribution >= 0.6 is 0 Å². The van der Waals surface area contributed by atoms with Gasteiger partial charge in [-0.05, 0) is 53.4 Å². The van der Waals surface area contributed by atoms with Crippen molar-refractivity contribution in [2.75, 3.05) is 18.5 Å². The van der Waals surface area contributed by atoms with Gasteiger partial charge in [0.05, 0.1) is 5.41 Å². The highest BCUT2D eigenvalue weighted by Gasteiger charge is 2.41. The number of rotatable bonds is 4. The Labute approximate surface area is 168 Å². The first kappa shape index (κ1) is 19.1.